The molecule has 0 saturated heterocycles. The highest BCUT2D eigenvalue weighted by atomic mass is 35.5. The summed E-state index contributed by atoms with van der Waals surface area (Å²) in [6, 6.07) is 15.9. The van der Waals surface area contributed by atoms with E-state index in [4.69, 9.17) is 22.2 Å². The van der Waals surface area contributed by atoms with E-state index in [2.05, 4.69) is 17.6 Å². The molecule has 0 amide bonds. The summed E-state index contributed by atoms with van der Waals surface area (Å²) >= 11 is 6.07. The molecule has 1 unspecified atom stereocenters. The molecule has 0 fully saturated rings. The van der Waals surface area contributed by atoms with E-state index in [0.29, 0.717) is 5.02 Å². The van der Waals surface area contributed by atoms with Crippen LogP contribution in [-0.2, 0) is 6.42 Å². The Bertz CT molecular complexity index is 545. The number of hydrogen-bond donors (Lipinski definition) is 2. The second kappa shape index (κ2) is 7.29. The first-order valence-electron chi connectivity index (χ1n) is 6.58. The molecule has 106 valence electrons. The van der Waals surface area contributed by atoms with Crippen molar-refractivity contribution < 1.29 is 4.74 Å². The maximum absolute atomic E-state index is 6.07. The summed E-state index contributed by atoms with van der Waals surface area (Å²) in [6.07, 6.45) is 1.81. The molecule has 20 heavy (non-hydrogen) atoms. The van der Waals surface area contributed by atoms with Gasteiger partial charge in [-0.3, -0.25) is 11.3 Å². The molecule has 2 aromatic carbocycles. The summed E-state index contributed by atoms with van der Waals surface area (Å²) in [5.74, 6) is 6.49. The lowest BCUT2D eigenvalue weighted by Gasteiger charge is -2.19. The summed E-state index contributed by atoms with van der Waals surface area (Å²) in [5, 5.41) is 0.681. The van der Waals surface area contributed by atoms with Gasteiger partial charge in [-0.25, -0.2) is 0 Å². The Morgan fingerprint density at radius 2 is 1.95 bits per heavy atom. The van der Waals surface area contributed by atoms with Crippen LogP contribution in [0.15, 0.2) is 48.5 Å². The fourth-order valence-corrected chi connectivity index (χ4v) is 2.44. The molecule has 2 aromatic rings. The second-order valence-corrected chi connectivity index (χ2v) is 5.07. The van der Waals surface area contributed by atoms with Gasteiger partial charge in [0.25, 0.3) is 0 Å². The molecule has 1 atom stereocenters. The first kappa shape index (κ1) is 14.9. The van der Waals surface area contributed by atoms with Gasteiger partial charge in [0, 0.05) is 16.6 Å². The van der Waals surface area contributed by atoms with Crippen LogP contribution >= 0.6 is 11.6 Å². The summed E-state index contributed by atoms with van der Waals surface area (Å²) in [5.41, 5.74) is 5.12. The lowest BCUT2D eigenvalue weighted by molar-refractivity contribution is 0.396. The maximum atomic E-state index is 6.07. The van der Waals surface area contributed by atoms with E-state index in [1.807, 2.05) is 36.4 Å². The van der Waals surface area contributed by atoms with Crippen molar-refractivity contribution in [2.45, 2.75) is 18.9 Å². The summed E-state index contributed by atoms with van der Waals surface area (Å²) in [7, 11) is 1.65. The highest BCUT2D eigenvalue weighted by molar-refractivity contribution is 6.30. The number of methoxy groups -OCH3 is 1. The van der Waals surface area contributed by atoms with Crippen LogP contribution < -0.4 is 16.0 Å². The third kappa shape index (κ3) is 3.73. The van der Waals surface area contributed by atoms with Crippen LogP contribution in [-0.4, -0.2) is 7.11 Å². The van der Waals surface area contributed by atoms with E-state index in [-0.39, 0.29) is 6.04 Å². The van der Waals surface area contributed by atoms with E-state index in [0.717, 1.165) is 24.2 Å². The predicted octanol–water partition coefficient (Wildman–Crippen LogP) is 3.49. The van der Waals surface area contributed by atoms with Crippen LogP contribution in [0.25, 0.3) is 0 Å². The zero-order valence-corrected chi connectivity index (χ0v) is 12.2. The van der Waals surface area contributed by atoms with Crippen molar-refractivity contribution >= 4 is 11.6 Å². The van der Waals surface area contributed by atoms with Crippen LogP contribution in [0.4, 0.5) is 0 Å². The molecule has 3 nitrogen and oxygen atoms in total. The highest BCUT2D eigenvalue weighted by Crippen LogP contribution is 2.30. The van der Waals surface area contributed by atoms with Crippen LogP contribution in [0, 0.1) is 0 Å². The molecule has 0 spiro atoms. The quantitative estimate of drug-likeness (QED) is 0.632. The van der Waals surface area contributed by atoms with Crippen LogP contribution in [0.2, 0.25) is 5.02 Å². The van der Waals surface area contributed by atoms with Gasteiger partial charge in [-0.2, -0.15) is 0 Å². The average molecular weight is 291 g/mol. The number of aryl methyl sites for hydroxylation is 1. The minimum Gasteiger partial charge on any atom is -0.496 e. The number of nitrogens with one attached hydrogen (secondary N) is 1. The Balaban J connectivity index is 2.14. The molecule has 0 radical (unpaired) electrons. The van der Waals surface area contributed by atoms with E-state index >= 15 is 0 Å². The molecule has 0 aliphatic heterocycles. The van der Waals surface area contributed by atoms with Crippen molar-refractivity contribution in [1.29, 1.82) is 0 Å². The smallest absolute Gasteiger partial charge is 0.123 e. The number of benzene rings is 2. The van der Waals surface area contributed by atoms with Crippen LogP contribution in [0.1, 0.15) is 23.6 Å². The topological polar surface area (TPSA) is 47.3 Å². The normalized spacial score (nSPS) is 12.2. The molecule has 4 heteroatoms. The Hall–Kier alpha value is -1.55. The summed E-state index contributed by atoms with van der Waals surface area (Å²) in [4.78, 5) is 0. The zero-order chi connectivity index (χ0) is 14.4. The van der Waals surface area contributed by atoms with Crippen molar-refractivity contribution in [2.75, 3.05) is 7.11 Å². The third-order valence-corrected chi connectivity index (χ3v) is 3.57. The van der Waals surface area contributed by atoms with E-state index in [9.17, 15) is 0 Å². The van der Waals surface area contributed by atoms with Crippen molar-refractivity contribution in [3.8, 4) is 5.75 Å². The van der Waals surface area contributed by atoms with Gasteiger partial charge < -0.3 is 4.74 Å². The molecule has 0 bridgehead atoms. The summed E-state index contributed by atoms with van der Waals surface area (Å²) in [6.45, 7) is 0. The minimum atomic E-state index is 0.00357. The predicted molar refractivity (Wildman–Crippen MR) is 82.8 cm³/mol. The number of hydrazine groups is 1. The standard InChI is InChI=1S/C16H19ClN2O/c1-20-16-10-8-13(17)11-14(16)15(19-18)9-7-12-5-3-2-4-6-12/h2-6,8,10-11,15,19H,7,9,18H2,1H3. The lowest BCUT2D eigenvalue weighted by Crippen LogP contribution is -2.28. The zero-order valence-electron chi connectivity index (χ0n) is 11.5. The van der Waals surface area contributed by atoms with Gasteiger partial charge >= 0.3 is 0 Å². The summed E-state index contributed by atoms with van der Waals surface area (Å²) < 4.78 is 5.38. The Kier molecular flexibility index (Phi) is 5.41. The van der Waals surface area contributed by atoms with E-state index < -0.39 is 0 Å². The molecular weight excluding hydrogens is 272 g/mol. The maximum Gasteiger partial charge on any atom is 0.123 e. The number of rotatable bonds is 6. The average Bonchev–Trinajstić information content (AvgIpc) is 2.49. The largest absolute Gasteiger partial charge is 0.496 e. The monoisotopic (exact) mass is 290 g/mol. The highest BCUT2D eigenvalue weighted by Gasteiger charge is 2.15. The van der Waals surface area contributed by atoms with Gasteiger partial charge in [0.05, 0.1) is 7.11 Å². The molecule has 0 saturated carbocycles. The first-order valence-corrected chi connectivity index (χ1v) is 6.96. The van der Waals surface area contributed by atoms with Crippen molar-refractivity contribution in [3.63, 3.8) is 0 Å². The SMILES string of the molecule is COc1ccc(Cl)cc1C(CCc1ccccc1)NN. The van der Waals surface area contributed by atoms with Gasteiger partial charge in [0.1, 0.15) is 5.75 Å². The third-order valence-electron chi connectivity index (χ3n) is 3.33. The molecule has 0 aliphatic carbocycles. The van der Waals surface area contributed by atoms with Crippen molar-refractivity contribution in [3.05, 3.63) is 64.7 Å². The van der Waals surface area contributed by atoms with Crippen molar-refractivity contribution in [1.82, 2.24) is 5.43 Å². The van der Waals surface area contributed by atoms with Gasteiger partial charge in [-0.15, -0.1) is 0 Å². The van der Waals surface area contributed by atoms with E-state index in [1.54, 1.807) is 7.11 Å². The molecule has 0 heterocycles. The molecule has 2 rings (SSSR count). The second-order valence-electron chi connectivity index (χ2n) is 4.63. The van der Waals surface area contributed by atoms with E-state index in [1.165, 1.54) is 5.56 Å². The fraction of sp³-hybridized carbons (Fsp3) is 0.250. The fourth-order valence-electron chi connectivity index (χ4n) is 2.26. The number of hydrogen-bond acceptors (Lipinski definition) is 3. The van der Waals surface area contributed by atoms with Crippen molar-refractivity contribution in [2.24, 2.45) is 5.84 Å². The molecule has 3 N–H and O–H groups in total. The number of halogens is 1. The molecular formula is C16H19ClN2O. The Labute approximate surface area is 124 Å². The lowest BCUT2D eigenvalue weighted by atomic mass is 9.98. The van der Waals surface area contributed by atoms with Crippen LogP contribution in [0.3, 0.4) is 0 Å². The van der Waals surface area contributed by atoms with Gasteiger partial charge in [0.2, 0.25) is 0 Å². The molecule has 0 aliphatic rings. The Morgan fingerprint density at radius 3 is 2.60 bits per heavy atom. The van der Waals surface area contributed by atoms with Gasteiger partial charge in [-0.1, -0.05) is 41.9 Å². The minimum absolute atomic E-state index is 0.00357. The number of ether oxygens (including phenoxy) is 1. The first-order chi connectivity index (χ1) is 9.74. The van der Waals surface area contributed by atoms with Gasteiger partial charge in [0.15, 0.2) is 0 Å². The number of nitrogens with two attached hydrogens (primary N) is 1. The molecule has 0 aromatic heterocycles. The van der Waals surface area contributed by atoms with Gasteiger partial charge in [-0.05, 0) is 36.6 Å². The Morgan fingerprint density at radius 1 is 1.20 bits per heavy atom. The van der Waals surface area contributed by atoms with Crippen LogP contribution in [0.5, 0.6) is 5.75 Å².